The number of nitrogens with zero attached hydrogens (tertiary/aromatic N) is 3. The number of hydrogen-bond acceptors (Lipinski definition) is 6. The van der Waals surface area contributed by atoms with Crippen molar-refractivity contribution < 1.29 is 14.4 Å². The van der Waals surface area contributed by atoms with Crippen LogP contribution < -0.4 is 10.4 Å². The molecule has 1 atom stereocenters. The van der Waals surface area contributed by atoms with E-state index in [1.807, 2.05) is 25.3 Å². The van der Waals surface area contributed by atoms with E-state index in [9.17, 15) is 5.11 Å². The lowest BCUT2D eigenvalue weighted by Gasteiger charge is -2.36. The second-order valence-corrected chi connectivity index (χ2v) is 7.69. The van der Waals surface area contributed by atoms with E-state index in [0.717, 1.165) is 37.5 Å². The highest BCUT2D eigenvalue weighted by Crippen LogP contribution is 2.36. The van der Waals surface area contributed by atoms with Gasteiger partial charge in [0.2, 0.25) is 0 Å². The quantitative estimate of drug-likeness (QED) is 0.828. The number of aliphatic hydroxyl groups excluding tert-OH is 1. The summed E-state index contributed by atoms with van der Waals surface area (Å²) in [6.07, 6.45) is 1.46. The number of anilines is 1. The predicted octanol–water partition coefficient (Wildman–Crippen LogP) is 0.841. The van der Waals surface area contributed by atoms with Gasteiger partial charge in [-0.3, -0.25) is 4.90 Å². The topological polar surface area (TPSA) is 58.1 Å². The molecule has 3 rings (SSSR count). The van der Waals surface area contributed by atoms with Gasteiger partial charge in [0, 0.05) is 37.8 Å². The summed E-state index contributed by atoms with van der Waals surface area (Å²) in [5.74, 6) is 0.959. The second-order valence-electron chi connectivity index (χ2n) is 7.69. The van der Waals surface area contributed by atoms with Crippen LogP contribution in [0, 0.1) is 0 Å². The van der Waals surface area contributed by atoms with Crippen LogP contribution in [0.25, 0.3) is 0 Å². The van der Waals surface area contributed by atoms with E-state index in [1.54, 1.807) is 0 Å². The number of rotatable bonds is 3. The third kappa shape index (κ3) is 3.31. The normalized spacial score (nSPS) is 25.1. The van der Waals surface area contributed by atoms with Crippen molar-refractivity contribution in [2.24, 2.45) is 0 Å². The Balaban J connectivity index is 1.65. The highest BCUT2D eigenvalue weighted by atomic mass is 16.7. The van der Waals surface area contributed by atoms with Crippen molar-refractivity contribution in [1.29, 1.82) is 0 Å². The molecule has 6 nitrogen and oxygen atoms in total. The van der Waals surface area contributed by atoms with Crippen LogP contribution in [0.1, 0.15) is 34.6 Å². The van der Waals surface area contributed by atoms with E-state index < -0.39 is 0 Å². The lowest BCUT2D eigenvalue weighted by atomic mass is 9.80. The van der Waals surface area contributed by atoms with Crippen LogP contribution >= 0.6 is 0 Å². The van der Waals surface area contributed by atoms with E-state index in [0.29, 0.717) is 0 Å². The smallest absolute Gasteiger partial charge is 0.399 e. The van der Waals surface area contributed by atoms with Crippen molar-refractivity contribution in [3.05, 3.63) is 18.3 Å². The van der Waals surface area contributed by atoms with Crippen molar-refractivity contribution >= 4 is 18.4 Å². The number of aromatic nitrogens is 1. The molecular formula is C17H28BN3O3. The molecule has 1 aromatic rings. The van der Waals surface area contributed by atoms with Gasteiger partial charge in [0.25, 0.3) is 0 Å². The van der Waals surface area contributed by atoms with Crippen molar-refractivity contribution in [3.63, 3.8) is 0 Å². The third-order valence-corrected chi connectivity index (χ3v) is 5.46. The van der Waals surface area contributed by atoms with Crippen molar-refractivity contribution in [2.45, 2.75) is 52.0 Å². The minimum absolute atomic E-state index is 0.340. The molecule has 0 aliphatic carbocycles. The Bertz CT molecular complexity index is 553. The second kappa shape index (κ2) is 6.30. The number of piperazine rings is 1. The number of hydrogen-bond donors (Lipinski definition) is 1. The zero-order valence-corrected chi connectivity index (χ0v) is 15.3. The molecule has 0 amide bonds. The van der Waals surface area contributed by atoms with Gasteiger partial charge >= 0.3 is 7.12 Å². The first-order valence-electron chi connectivity index (χ1n) is 8.68. The average Bonchev–Trinajstić information content (AvgIpc) is 2.76. The molecule has 1 N–H and O–H groups in total. The van der Waals surface area contributed by atoms with Crippen molar-refractivity contribution in [1.82, 2.24) is 9.88 Å². The van der Waals surface area contributed by atoms with E-state index in [1.165, 1.54) is 0 Å². The van der Waals surface area contributed by atoms with E-state index >= 15 is 0 Å². The fourth-order valence-electron chi connectivity index (χ4n) is 3.03. The zero-order valence-electron chi connectivity index (χ0n) is 15.3. The maximum absolute atomic E-state index is 9.64. The first-order chi connectivity index (χ1) is 11.2. The molecule has 7 heteroatoms. The molecule has 132 valence electrons. The lowest BCUT2D eigenvalue weighted by molar-refractivity contribution is 0.00578. The maximum Gasteiger partial charge on any atom is 0.496 e. The summed E-state index contributed by atoms with van der Waals surface area (Å²) in [4.78, 5) is 8.90. The average molecular weight is 333 g/mol. The summed E-state index contributed by atoms with van der Waals surface area (Å²) < 4.78 is 12.1. The zero-order chi connectivity index (χ0) is 17.5. The highest BCUT2D eigenvalue weighted by Gasteiger charge is 2.51. The van der Waals surface area contributed by atoms with Gasteiger partial charge in [0.15, 0.2) is 0 Å². The summed E-state index contributed by atoms with van der Waals surface area (Å²) in [5.41, 5.74) is 0.265. The van der Waals surface area contributed by atoms with E-state index in [4.69, 9.17) is 9.31 Å². The van der Waals surface area contributed by atoms with Crippen LogP contribution in [0.2, 0.25) is 0 Å². The highest BCUT2D eigenvalue weighted by molar-refractivity contribution is 6.62. The molecule has 3 heterocycles. The van der Waals surface area contributed by atoms with Crippen molar-refractivity contribution in [3.8, 4) is 0 Å². The van der Waals surface area contributed by atoms with Gasteiger partial charge in [0.05, 0.1) is 11.2 Å². The first-order valence-corrected chi connectivity index (χ1v) is 8.68. The van der Waals surface area contributed by atoms with E-state index in [2.05, 4.69) is 42.5 Å². The van der Waals surface area contributed by atoms with Crippen molar-refractivity contribution in [2.75, 3.05) is 31.1 Å². The Morgan fingerprint density at radius 3 is 2.12 bits per heavy atom. The van der Waals surface area contributed by atoms with Crippen LogP contribution in [0.5, 0.6) is 0 Å². The summed E-state index contributed by atoms with van der Waals surface area (Å²) >= 11 is 0. The van der Waals surface area contributed by atoms with Crippen LogP contribution in [-0.4, -0.2) is 65.7 Å². The molecular weight excluding hydrogens is 305 g/mol. The molecule has 2 aliphatic rings. The molecule has 1 unspecified atom stereocenters. The molecule has 1 aromatic heterocycles. The maximum atomic E-state index is 9.64. The fourth-order valence-corrected chi connectivity index (χ4v) is 3.03. The number of aliphatic hydroxyl groups is 1. The molecule has 0 radical (unpaired) electrons. The van der Waals surface area contributed by atoms with Gasteiger partial charge in [-0.15, -0.1) is 0 Å². The monoisotopic (exact) mass is 333 g/mol. The third-order valence-electron chi connectivity index (χ3n) is 5.46. The Labute approximate surface area is 144 Å². The van der Waals surface area contributed by atoms with Gasteiger partial charge < -0.3 is 19.3 Å². The molecule has 2 saturated heterocycles. The SMILES string of the molecule is CC(O)N1CCN(c2ccc(B3OC(C)(C)C(C)(C)O3)cn2)CC1. The molecule has 0 aromatic carbocycles. The van der Waals surface area contributed by atoms with Gasteiger partial charge in [-0.1, -0.05) is 6.07 Å². The fraction of sp³-hybridized carbons (Fsp3) is 0.706. The molecule has 0 bridgehead atoms. The van der Waals surface area contributed by atoms with Crippen LogP contribution in [0.4, 0.5) is 5.82 Å². The number of pyridine rings is 1. The summed E-state index contributed by atoms with van der Waals surface area (Å²) in [7, 11) is -0.372. The van der Waals surface area contributed by atoms with Gasteiger partial charge in [-0.2, -0.15) is 0 Å². The standard InChI is InChI=1S/C17H28BN3O3/c1-13(22)20-8-10-21(11-9-20)15-7-6-14(12-19-15)18-23-16(2,3)17(4,5)24-18/h6-7,12-13,22H,8-11H2,1-5H3. The van der Waals surface area contributed by atoms with Crippen LogP contribution in [0.3, 0.4) is 0 Å². The molecule has 2 fully saturated rings. The summed E-state index contributed by atoms with van der Waals surface area (Å²) in [6, 6.07) is 4.06. The summed E-state index contributed by atoms with van der Waals surface area (Å²) in [6.45, 7) is 13.4. The van der Waals surface area contributed by atoms with Gasteiger partial charge in [0.1, 0.15) is 12.0 Å². The Hall–Kier alpha value is -1.15. The van der Waals surface area contributed by atoms with Crippen LogP contribution in [0.15, 0.2) is 18.3 Å². The van der Waals surface area contributed by atoms with Gasteiger partial charge in [-0.05, 0) is 40.7 Å². The lowest BCUT2D eigenvalue weighted by Crippen LogP contribution is -2.50. The Morgan fingerprint density at radius 1 is 1.08 bits per heavy atom. The molecule has 24 heavy (non-hydrogen) atoms. The Morgan fingerprint density at radius 2 is 1.67 bits per heavy atom. The minimum atomic E-state index is -0.383. The Kier molecular flexibility index (Phi) is 4.64. The first kappa shape index (κ1) is 17.7. The summed E-state index contributed by atoms with van der Waals surface area (Å²) in [5, 5.41) is 9.64. The van der Waals surface area contributed by atoms with Gasteiger partial charge in [-0.25, -0.2) is 4.98 Å². The van der Waals surface area contributed by atoms with E-state index in [-0.39, 0.29) is 24.5 Å². The van der Waals surface area contributed by atoms with Crippen LogP contribution in [-0.2, 0) is 9.31 Å². The molecule has 0 saturated carbocycles. The predicted molar refractivity (Wildman–Crippen MR) is 95.4 cm³/mol. The largest absolute Gasteiger partial charge is 0.496 e. The molecule has 2 aliphatic heterocycles. The minimum Gasteiger partial charge on any atom is -0.399 e. The molecule has 0 spiro atoms.